The molecule has 4 heteroatoms. The highest BCUT2D eigenvalue weighted by atomic mass is 35.5. The summed E-state index contributed by atoms with van der Waals surface area (Å²) in [5.41, 5.74) is 7.14. The Hall–Kier alpha value is -1.22. The third-order valence-corrected chi connectivity index (χ3v) is 4.81. The fraction of sp³-hybridized carbons (Fsp3) is 0.588. The number of halogens is 1. The molecule has 1 amide bonds. The van der Waals surface area contributed by atoms with E-state index in [0.29, 0.717) is 27.6 Å². The van der Waals surface area contributed by atoms with E-state index in [4.69, 9.17) is 17.3 Å². The van der Waals surface area contributed by atoms with Crippen LogP contribution in [-0.2, 0) is 0 Å². The molecule has 1 saturated heterocycles. The van der Waals surface area contributed by atoms with Crippen LogP contribution in [0.2, 0.25) is 5.02 Å². The number of hydrogen-bond acceptors (Lipinski definition) is 2. The van der Waals surface area contributed by atoms with Crippen LogP contribution in [0.3, 0.4) is 0 Å². The first-order chi connectivity index (χ1) is 9.80. The average Bonchev–Trinajstić information content (AvgIpc) is 2.63. The molecule has 116 valence electrons. The van der Waals surface area contributed by atoms with E-state index in [9.17, 15) is 4.79 Å². The molecule has 1 aromatic carbocycles. The molecular weight excluding hydrogens is 284 g/mol. The van der Waals surface area contributed by atoms with Crippen LogP contribution >= 0.6 is 11.6 Å². The van der Waals surface area contributed by atoms with Gasteiger partial charge in [0.15, 0.2) is 0 Å². The van der Waals surface area contributed by atoms with Crippen molar-refractivity contribution in [2.24, 2.45) is 11.3 Å². The molecule has 1 aromatic rings. The van der Waals surface area contributed by atoms with Crippen LogP contribution in [-0.4, -0.2) is 23.9 Å². The van der Waals surface area contributed by atoms with E-state index in [2.05, 4.69) is 20.8 Å². The van der Waals surface area contributed by atoms with Gasteiger partial charge in [-0.2, -0.15) is 0 Å². The lowest BCUT2D eigenvalue weighted by molar-refractivity contribution is 0.0757. The van der Waals surface area contributed by atoms with Crippen molar-refractivity contribution in [3.05, 3.63) is 28.8 Å². The fourth-order valence-corrected chi connectivity index (χ4v) is 3.35. The van der Waals surface area contributed by atoms with Crippen molar-refractivity contribution in [3.63, 3.8) is 0 Å². The number of rotatable bonds is 1. The van der Waals surface area contributed by atoms with Gasteiger partial charge in [-0.25, -0.2) is 0 Å². The number of anilines is 1. The Balaban J connectivity index is 2.14. The third kappa shape index (κ3) is 3.70. The minimum absolute atomic E-state index is 0.0346. The normalized spacial score (nSPS) is 20.2. The first-order valence-electron chi connectivity index (χ1n) is 7.64. The molecule has 1 atom stereocenters. The first kappa shape index (κ1) is 16.2. The zero-order valence-electron chi connectivity index (χ0n) is 13.2. The van der Waals surface area contributed by atoms with Crippen LogP contribution in [0.25, 0.3) is 0 Å². The summed E-state index contributed by atoms with van der Waals surface area (Å²) in [5, 5.41) is 0.441. The summed E-state index contributed by atoms with van der Waals surface area (Å²) in [6.45, 7) is 8.41. The van der Waals surface area contributed by atoms with Crippen LogP contribution in [0, 0.1) is 11.3 Å². The first-order valence-corrected chi connectivity index (χ1v) is 8.01. The predicted molar refractivity (Wildman–Crippen MR) is 88.6 cm³/mol. The molecule has 3 nitrogen and oxygen atoms in total. The van der Waals surface area contributed by atoms with Gasteiger partial charge >= 0.3 is 0 Å². The predicted octanol–water partition coefficient (Wildman–Crippen LogP) is 4.21. The molecule has 0 aromatic heterocycles. The van der Waals surface area contributed by atoms with Gasteiger partial charge in [0.1, 0.15) is 0 Å². The van der Waals surface area contributed by atoms with Crippen molar-refractivity contribution < 1.29 is 4.79 Å². The van der Waals surface area contributed by atoms with Gasteiger partial charge in [0.25, 0.3) is 5.91 Å². The molecule has 2 N–H and O–H groups in total. The number of nitrogens with zero attached hydrogens (tertiary/aromatic N) is 1. The Morgan fingerprint density at radius 2 is 2.00 bits per heavy atom. The number of nitrogens with two attached hydrogens (primary N) is 1. The Labute approximate surface area is 132 Å². The lowest BCUT2D eigenvalue weighted by atomic mass is 9.77. The molecular formula is C17H25ClN2O. The molecule has 0 spiro atoms. The molecule has 0 aliphatic carbocycles. The molecule has 1 fully saturated rings. The molecule has 1 aliphatic rings. The molecule has 1 aliphatic heterocycles. The molecule has 0 bridgehead atoms. The minimum atomic E-state index is -0.0346. The van der Waals surface area contributed by atoms with E-state index in [1.54, 1.807) is 18.2 Å². The van der Waals surface area contributed by atoms with Gasteiger partial charge in [-0.15, -0.1) is 0 Å². The van der Waals surface area contributed by atoms with Gasteiger partial charge < -0.3 is 10.6 Å². The number of carbonyl (C=O) groups is 1. The number of benzene rings is 1. The molecule has 1 heterocycles. The molecule has 1 unspecified atom stereocenters. The second kappa shape index (κ2) is 6.27. The summed E-state index contributed by atoms with van der Waals surface area (Å²) in [7, 11) is 0. The third-order valence-electron chi connectivity index (χ3n) is 4.50. The van der Waals surface area contributed by atoms with Crippen molar-refractivity contribution in [2.75, 3.05) is 18.8 Å². The average molecular weight is 309 g/mol. The lowest BCUT2D eigenvalue weighted by Crippen LogP contribution is -2.33. The zero-order chi connectivity index (χ0) is 15.6. The van der Waals surface area contributed by atoms with Gasteiger partial charge in [-0.1, -0.05) is 38.4 Å². The number of nitrogen functional groups attached to an aromatic ring is 1. The second-order valence-electron chi connectivity index (χ2n) is 6.99. The van der Waals surface area contributed by atoms with Crippen LogP contribution in [0.1, 0.15) is 50.4 Å². The maximum absolute atomic E-state index is 12.7. The van der Waals surface area contributed by atoms with E-state index in [1.807, 2.05) is 4.90 Å². The number of likely N-dealkylation sites (tertiary alicyclic amines) is 1. The van der Waals surface area contributed by atoms with Gasteiger partial charge in [0.05, 0.1) is 10.6 Å². The Bertz CT molecular complexity index is 502. The zero-order valence-corrected chi connectivity index (χ0v) is 13.9. The summed E-state index contributed by atoms with van der Waals surface area (Å²) in [5.74, 6) is 0.617. The van der Waals surface area contributed by atoms with Gasteiger partial charge in [0, 0.05) is 18.8 Å². The van der Waals surface area contributed by atoms with E-state index in [0.717, 1.165) is 25.9 Å². The minimum Gasteiger partial charge on any atom is -0.398 e. The SMILES string of the molecule is CC(C)(C)C1CCCN(C(=O)c2c(N)cccc2Cl)CC1. The van der Waals surface area contributed by atoms with Crippen LogP contribution in [0.4, 0.5) is 5.69 Å². The standard InChI is InChI=1S/C17H25ClN2O/c1-17(2,3)12-6-5-10-20(11-9-12)16(21)15-13(18)7-4-8-14(15)19/h4,7-8,12H,5-6,9-11,19H2,1-3H3. The van der Waals surface area contributed by atoms with Crippen molar-refractivity contribution in [2.45, 2.75) is 40.0 Å². The highest BCUT2D eigenvalue weighted by Gasteiger charge is 2.29. The van der Waals surface area contributed by atoms with Crippen molar-refractivity contribution in [1.29, 1.82) is 0 Å². The molecule has 2 rings (SSSR count). The van der Waals surface area contributed by atoms with E-state index in [-0.39, 0.29) is 5.91 Å². The van der Waals surface area contributed by atoms with Gasteiger partial charge in [0.2, 0.25) is 0 Å². The summed E-state index contributed by atoms with van der Waals surface area (Å²) >= 11 is 6.16. The quantitative estimate of drug-likeness (QED) is 0.790. The maximum Gasteiger partial charge on any atom is 0.257 e. The maximum atomic E-state index is 12.7. The van der Waals surface area contributed by atoms with E-state index >= 15 is 0 Å². The van der Waals surface area contributed by atoms with Crippen LogP contribution in [0.5, 0.6) is 0 Å². The van der Waals surface area contributed by atoms with Crippen LogP contribution in [0.15, 0.2) is 18.2 Å². The number of carbonyl (C=O) groups excluding carboxylic acids is 1. The van der Waals surface area contributed by atoms with Gasteiger partial charge in [-0.05, 0) is 42.7 Å². The van der Waals surface area contributed by atoms with Crippen LogP contribution < -0.4 is 5.73 Å². The van der Waals surface area contributed by atoms with Crippen molar-refractivity contribution >= 4 is 23.2 Å². The summed E-state index contributed by atoms with van der Waals surface area (Å²) in [4.78, 5) is 14.6. The highest BCUT2D eigenvalue weighted by molar-refractivity contribution is 6.34. The van der Waals surface area contributed by atoms with Crippen molar-refractivity contribution in [3.8, 4) is 0 Å². The largest absolute Gasteiger partial charge is 0.398 e. The topological polar surface area (TPSA) is 46.3 Å². The molecule has 0 radical (unpaired) electrons. The van der Waals surface area contributed by atoms with E-state index in [1.165, 1.54) is 6.42 Å². The lowest BCUT2D eigenvalue weighted by Gasteiger charge is -2.29. The molecule has 21 heavy (non-hydrogen) atoms. The molecule has 0 saturated carbocycles. The van der Waals surface area contributed by atoms with E-state index < -0.39 is 0 Å². The Morgan fingerprint density at radius 1 is 1.29 bits per heavy atom. The monoisotopic (exact) mass is 308 g/mol. The summed E-state index contributed by atoms with van der Waals surface area (Å²) in [6.07, 6.45) is 3.25. The van der Waals surface area contributed by atoms with Gasteiger partial charge in [-0.3, -0.25) is 4.79 Å². The Morgan fingerprint density at radius 3 is 2.62 bits per heavy atom. The summed E-state index contributed by atoms with van der Waals surface area (Å²) < 4.78 is 0. The fourth-order valence-electron chi connectivity index (χ4n) is 3.09. The number of hydrogen-bond donors (Lipinski definition) is 1. The van der Waals surface area contributed by atoms with Crippen molar-refractivity contribution in [1.82, 2.24) is 4.90 Å². The highest BCUT2D eigenvalue weighted by Crippen LogP contribution is 2.35. The number of amides is 1. The summed E-state index contributed by atoms with van der Waals surface area (Å²) in [6, 6.07) is 5.22. The Kier molecular flexibility index (Phi) is 4.82. The second-order valence-corrected chi connectivity index (χ2v) is 7.40. The smallest absolute Gasteiger partial charge is 0.257 e.